The zero-order valence-corrected chi connectivity index (χ0v) is 11.1. The zero-order valence-electron chi connectivity index (χ0n) is 11.1. The van der Waals surface area contributed by atoms with Crippen LogP contribution in [0.5, 0.6) is 5.75 Å². The maximum atomic E-state index is 12.5. The van der Waals surface area contributed by atoms with E-state index in [1.807, 2.05) is 19.9 Å². The lowest BCUT2D eigenvalue weighted by Gasteiger charge is -2.36. The lowest BCUT2D eigenvalue weighted by molar-refractivity contribution is -0.169. The predicted octanol–water partition coefficient (Wildman–Crippen LogP) is 1.60. The Balaban J connectivity index is 2.52. The van der Waals surface area contributed by atoms with Gasteiger partial charge in [0.25, 0.3) is 0 Å². The molecule has 1 fully saturated rings. The summed E-state index contributed by atoms with van der Waals surface area (Å²) >= 11 is 0. The average Bonchev–Trinajstić information content (AvgIpc) is 2.25. The number of rotatable bonds is 4. The molecule has 0 unspecified atom stereocenters. The number of Topliss-reactive ketones (excluding diaryl/α,β-unsaturated/α-hetero) is 1. The van der Waals surface area contributed by atoms with Crippen molar-refractivity contribution in [3.63, 3.8) is 0 Å². The summed E-state index contributed by atoms with van der Waals surface area (Å²) in [7, 11) is 1.47. The van der Waals surface area contributed by atoms with Crippen LogP contribution >= 0.6 is 0 Å². The van der Waals surface area contributed by atoms with Crippen LogP contribution in [-0.2, 0) is 9.53 Å². The monoisotopic (exact) mass is 264 g/mol. The molecule has 1 N–H and O–H groups in total. The molecule has 0 aliphatic carbocycles. The Morgan fingerprint density at radius 2 is 1.95 bits per heavy atom. The summed E-state index contributed by atoms with van der Waals surface area (Å²) in [5, 5.41) is 9.28. The molecule has 0 amide bonds. The number of hydrogen-bond acceptors (Lipinski definition) is 4. The van der Waals surface area contributed by atoms with E-state index in [2.05, 4.69) is 0 Å². The largest absolute Gasteiger partial charge is 0.496 e. The van der Waals surface area contributed by atoms with Gasteiger partial charge in [0.05, 0.1) is 25.9 Å². The smallest absolute Gasteiger partial charge is 0.322 e. The summed E-state index contributed by atoms with van der Waals surface area (Å²) in [5.74, 6) is -1.16. The molecule has 102 valence electrons. The Morgan fingerprint density at radius 1 is 1.32 bits per heavy atom. The Kier molecular flexibility index (Phi) is 3.32. The van der Waals surface area contributed by atoms with Gasteiger partial charge in [-0.3, -0.25) is 9.59 Å². The topological polar surface area (TPSA) is 72.8 Å². The van der Waals surface area contributed by atoms with Gasteiger partial charge in [0.2, 0.25) is 0 Å². The SMILES string of the molecule is COc1c(C)cc(C)cc1C(=O)C1(C(=O)O)COC1. The van der Waals surface area contributed by atoms with E-state index in [4.69, 9.17) is 9.47 Å². The quantitative estimate of drug-likeness (QED) is 0.660. The van der Waals surface area contributed by atoms with Crippen LogP contribution in [0, 0.1) is 19.3 Å². The van der Waals surface area contributed by atoms with E-state index in [9.17, 15) is 14.7 Å². The molecule has 1 aliphatic rings. The van der Waals surface area contributed by atoms with Crippen LogP contribution in [-0.4, -0.2) is 37.2 Å². The lowest BCUT2D eigenvalue weighted by Crippen LogP contribution is -2.54. The fourth-order valence-corrected chi connectivity index (χ4v) is 2.31. The summed E-state index contributed by atoms with van der Waals surface area (Å²) in [4.78, 5) is 23.9. The van der Waals surface area contributed by atoms with Gasteiger partial charge in [0.1, 0.15) is 5.75 Å². The van der Waals surface area contributed by atoms with Crippen molar-refractivity contribution in [2.24, 2.45) is 5.41 Å². The van der Waals surface area contributed by atoms with E-state index >= 15 is 0 Å². The van der Waals surface area contributed by atoms with Gasteiger partial charge in [-0.05, 0) is 31.0 Å². The second-order valence-corrected chi connectivity index (χ2v) is 4.87. The second-order valence-electron chi connectivity index (χ2n) is 4.87. The molecule has 2 rings (SSSR count). The highest BCUT2D eigenvalue weighted by Crippen LogP contribution is 2.36. The highest BCUT2D eigenvalue weighted by molar-refractivity contribution is 6.14. The van der Waals surface area contributed by atoms with Crippen LogP contribution in [0.4, 0.5) is 0 Å². The average molecular weight is 264 g/mol. The minimum absolute atomic E-state index is 0.0860. The van der Waals surface area contributed by atoms with Gasteiger partial charge in [-0.25, -0.2) is 0 Å². The number of benzene rings is 1. The van der Waals surface area contributed by atoms with Gasteiger partial charge >= 0.3 is 5.97 Å². The van der Waals surface area contributed by atoms with Crippen LogP contribution in [0.3, 0.4) is 0 Å². The minimum atomic E-state index is -1.46. The number of aryl methyl sites for hydroxylation is 2. The number of carboxylic acid groups (broad SMARTS) is 1. The molecule has 5 nitrogen and oxygen atoms in total. The van der Waals surface area contributed by atoms with Gasteiger partial charge in [0, 0.05) is 0 Å². The summed E-state index contributed by atoms with van der Waals surface area (Å²) in [6.45, 7) is 3.51. The standard InChI is InChI=1S/C14H16O5/c1-8-4-9(2)11(18-3)10(5-8)12(15)14(13(16)17)6-19-7-14/h4-5H,6-7H2,1-3H3,(H,16,17). The normalized spacial score (nSPS) is 16.6. The van der Waals surface area contributed by atoms with Crippen molar-refractivity contribution in [2.45, 2.75) is 13.8 Å². The fraction of sp³-hybridized carbons (Fsp3) is 0.429. The first kappa shape index (κ1) is 13.5. The Hall–Kier alpha value is -1.88. The van der Waals surface area contributed by atoms with Crippen LogP contribution in [0.25, 0.3) is 0 Å². The van der Waals surface area contributed by atoms with Crippen LogP contribution in [0.15, 0.2) is 12.1 Å². The molecule has 0 spiro atoms. The van der Waals surface area contributed by atoms with E-state index in [0.717, 1.165) is 11.1 Å². The summed E-state index contributed by atoms with van der Waals surface area (Å²) in [5.41, 5.74) is 0.549. The van der Waals surface area contributed by atoms with Crippen LogP contribution < -0.4 is 4.74 Å². The third kappa shape index (κ3) is 2.00. The molecule has 1 aromatic carbocycles. The molecular weight excluding hydrogens is 248 g/mol. The Bertz CT molecular complexity index is 543. The number of methoxy groups -OCH3 is 1. The molecule has 0 atom stereocenters. The van der Waals surface area contributed by atoms with Crippen LogP contribution in [0.2, 0.25) is 0 Å². The van der Waals surface area contributed by atoms with Gasteiger partial charge in [0.15, 0.2) is 11.2 Å². The van der Waals surface area contributed by atoms with Crippen molar-refractivity contribution in [3.8, 4) is 5.75 Å². The van der Waals surface area contributed by atoms with Crippen molar-refractivity contribution >= 4 is 11.8 Å². The number of carboxylic acids is 1. The number of ketones is 1. The van der Waals surface area contributed by atoms with E-state index < -0.39 is 17.2 Å². The van der Waals surface area contributed by atoms with Crippen molar-refractivity contribution in [2.75, 3.05) is 20.3 Å². The number of carbonyl (C=O) groups is 2. The van der Waals surface area contributed by atoms with Crippen molar-refractivity contribution in [1.29, 1.82) is 0 Å². The first-order valence-electron chi connectivity index (χ1n) is 5.93. The highest BCUT2D eigenvalue weighted by atomic mass is 16.5. The molecule has 1 heterocycles. The Morgan fingerprint density at radius 3 is 2.37 bits per heavy atom. The van der Waals surface area contributed by atoms with Crippen LogP contribution in [0.1, 0.15) is 21.5 Å². The number of aliphatic carboxylic acids is 1. The third-order valence-corrected chi connectivity index (χ3v) is 3.41. The maximum Gasteiger partial charge on any atom is 0.322 e. The molecular formula is C14H16O5. The molecule has 1 saturated heterocycles. The number of hydrogen-bond donors (Lipinski definition) is 1. The lowest BCUT2D eigenvalue weighted by atomic mass is 9.77. The Labute approximate surface area is 111 Å². The summed E-state index contributed by atoms with van der Waals surface area (Å²) in [6.07, 6.45) is 0. The number of carbonyl (C=O) groups excluding carboxylic acids is 1. The van der Waals surface area contributed by atoms with E-state index in [1.54, 1.807) is 6.07 Å². The third-order valence-electron chi connectivity index (χ3n) is 3.41. The number of ether oxygens (including phenoxy) is 2. The second kappa shape index (κ2) is 4.66. The van der Waals surface area contributed by atoms with Crippen molar-refractivity contribution < 1.29 is 24.2 Å². The molecule has 0 radical (unpaired) electrons. The summed E-state index contributed by atoms with van der Waals surface area (Å²) in [6, 6.07) is 3.55. The van der Waals surface area contributed by atoms with E-state index in [1.165, 1.54) is 7.11 Å². The predicted molar refractivity (Wildman–Crippen MR) is 67.7 cm³/mol. The first-order chi connectivity index (χ1) is 8.92. The van der Waals surface area contributed by atoms with E-state index in [-0.39, 0.29) is 13.2 Å². The molecule has 0 bridgehead atoms. The van der Waals surface area contributed by atoms with E-state index in [0.29, 0.717) is 11.3 Å². The molecule has 1 aliphatic heterocycles. The molecule has 0 aromatic heterocycles. The highest BCUT2D eigenvalue weighted by Gasteiger charge is 2.53. The van der Waals surface area contributed by atoms with Crippen molar-refractivity contribution in [3.05, 3.63) is 28.8 Å². The van der Waals surface area contributed by atoms with Gasteiger partial charge < -0.3 is 14.6 Å². The van der Waals surface area contributed by atoms with Crippen molar-refractivity contribution in [1.82, 2.24) is 0 Å². The van der Waals surface area contributed by atoms with Gasteiger partial charge in [-0.15, -0.1) is 0 Å². The molecule has 0 saturated carbocycles. The maximum absolute atomic E-state index is 12.5. The fourth-order valence-electron chi connectivity index (χ4n) is 2.31. The molecule has 5 heteroatoms. The van der Waals surface area contributed by atoms with Gasteiger partial charge in [-0.2, -0.15) is 0 Å². The molecule has 19 heavy (non-hydrogen) atoms. The minimum Gasteiger partial charge on any atom is -0.496 e. The molecule has 1 aromatic rings. The summed E-state index contributed by atoms with van der Waals surface area (Å²) < 4.78 is 10.2. The van der Waals surface area contributed by atoms with Gasteiger partial charge in [-0.1, -0.05) is 6.07 Å². The zero-order chi connectivity index (χ0) is 14.2. The first-order valence-corrected chi connectivity index (χ1v) is 5.93.